The number of nitrogens with zero attached hydrogens (tertiary/aromatic N) is 1. The number of hydrogen-bond acceptors (Lipinski definition) is 7. The molecule has 0 saturated heterocycles. The average Bonchev–Trinajstić information content (AvgIpc) is 3.26. The van der Waals surface area contributed by atoms with Crippen LogP contribution in [0.3, 0.4) is 0 Å². The van der Waals surface area contributed by atoms with Crippen LogP contribution in [0.25, 0.3) is 16.5 Å². The number of hydrogen-bond donors (Lipinski definition) is 0. The number of methoxy groups -OCH3 is 1. The number of aromatic nitrogens is 1. The van der Waals surface area contributed by atoms with Crippen molar-refractivity contribution in [3.05, 3.63) is 91.1 Å². The van der Waals surface area contributed by atoms with Crippen LogP contribution < -0.4 is 5.56 Å². The molecule has 2 heterocycles. The largest absolute Gasteiger partial charge is 0.465 e. The molecule has 0 radical (unpaired) electrons. The molecule has 36 heavy (non-hydrogen) atoms. The van der Waals surface area contributed by atoms with Crippen molar-refractivity contribution in [3.63, 3.8) is 0 Å². The molecule has 7 nitrogen and oxygen atoms in total. The Kier molecular flexibility index (Phi) is 7.38. The number of carbonyl (C=O) groups is 2. The number of pyridine rings is 1. The topological polar surface area (TPSA) is 99.5 Å². The molecule has 0 unspecified atom stereocenters. The number of sulfone groups is 1. The first-order chi connectivity index (χ1) is 17.0. The molecular weight excluding hydrogens is 545 g/mol. The number of fused-ring (bicyclic) bond motifs is 1. The molecule has 0 spiro atoms. The van der Waals surface area contributed by atoms with Crippen LogP contribution in [0.1, 0.15) is 21.5 Å². The number of ketones is 1. The van der Waals surface area contributed by atoms with Gasteiger partial charge >= 0.3 is 5.97 Å². The minimum atomic E-state index is -3.80. The molecule has 0 bridgehead atoms. The molecule has 2 aromatic carbocycles. The highest BCUT2D eigenvalue weighted by molar-refractivity contribution is 7.94. The van der Waals surface area contributed by atoms with Gasteiger partial charge in [-0.3, -0.25) is 14.2 Å². The first kappa shape index (κ1) is 26.1. The van der Waals surface area contributed by atoms with E-state index < -0.39 is 27.3 Å². The molecule has 0 saturated carbocycles. The van der Waals surface area contributed by atoms with Gasteiger partial charge in [-0.1, -0.05) is 47.0 Å². The number of rotatable bonds is 7. The summed E-state index contributed by atoms with van der Waals surface area (Å²) in [6.45, 7) is 1.85. The van der Waals surface area contributed by atoms with Crippen LogP contribution in [0.2, 0.25) is 9.36 Å². The molecule has 11 heteroatoms. The van der Waals surface area contributed by atoms with E-state index in [0.29, 0.717) is 26.4 Å². The molecule has 186 valence electrons. The van der Waals surface area contributed by atoms with Crippen LogP contribution in [0, 0.1) is 6.92 Å². The van der Waals surface area contributed by atoms with E-state index >= 15 is 0 Å². The molecule has 0 N–H and O–H groups in total. The molecule has 0 atom stereocenters. The highest BCUT2D eigenvalue weighted by Crippen LogP contribution is 2.28. The van der Waals surface area contributed by atoms with Crippen molar-refractivity contribution < 1.29 is 22.7 Å². The van der Waals surface area contributed by atoms with E-state index in [1.807, 2.05) is 6.92 Å². The number of thiophene rings is 1. The SMILES string of the molecule is COC(=O)c1cn(-c2ccc(CC(=O)CS(=O)(=O)c3ccc(Cl)s3)cc2Cl)c(=O)c2ccc(C)cc12. The van der Waals surface area contributed by atoms with E-state index in [9.17, 15) is 22.8 Å². The smallest absolute Gasteiger partial charge is 0.340 e. The predicted molar refractivity (Wildman–Crippen MR) is 141 cm³/mol. The van der Waals surface area contributed by atoms with Crippen LogP contribution in [0.5, 0.6) is 0 Å². The maximum absolute atomic E-state index is 13.2. The molecule has 0 amide bonds. The van der Waals surface area contributed by atoms with Gasteiger partial charge in [-0.2, -0.15) is 0 Å². The lowest BCUT2D eigenvalue weighted by atomic mass is 10.0. The third kappa shape index (κ3) is 5.24. The fraction of sp³-hybridized carbons (Fsp3) is 0.160. The fourth-order valence-electron chi connectivity index (χ4n) is 3.79. The number of aryl methyl sites for hydroxylation is 1. The lowest BCUT2D eigenvalue weighted by molar-refractivity contribution is -0.116. The molecule has 4 rings (SSSR count). The summed E-state index contributed by atoms with van der Waals surface area (Å²) in [5.41, 5.74) is 1.47. The Labute approximate surface area is 220 Å². The number of Topliss-reactive ketones (excluding diaryl/α,β-unsaturated/α-hetero) is 1. The first-order valence-corrected chi connectivity index (χ1v) is 13.8. The van der Waals surface area contributed by atoms with Gasteiger partial charge in [-0.15, -0.1) is 11.3 Å². The van der Waals surface area contributed by atoms with Crippen LogP contribution in [0.4, 0.5) is 0 Å². The molecule has 4 aromatic rings. The van der Waals surface area contributed by atoms with Gasteiger partial charge in [0.1, 0.15) is 9.96 Å². The summed E-state index contributed by atoms with van der Waals surface area (Å²) in [5, 5.41) is 0.935. The lowest BCUT2D eigenvalue weighted by Crippen LogP contribution is -2.21. The predicted octanol–water partition coefficient (Wildman–Crippen LogP) is 5.04. The third-order valence-electron chi connectivity index (χ3n) is 5.46. The molecular formula is C25H19Cl2NO6S2. The highest BCUT2D eigenvalue weighted by atomic mass is 35.5. The molecule has 0 fully saturated rings. The maximum atomic E-state index is 13.2. The maximum Gasteiger partial charge on any atom is 0.340 e. The number of carbonyl (C=O) groups excluding carboxylic acids is 2. The quantitative estimate of drug-likeness (QED) is 0.292. The standard InChI is InChI=1S/C25H19Cl2NO6S2/c1-14-3-5-17-18(9-14)19(25(31)34-2)12-28(24(17)30)21-6-4-15(11-20(21)26)10-16(29)13-36(32,33)23-8-7-22(27)35-23/h3-9,11-12H,10,13H2,1-2H3. The van der Waals surface area contributed by atoms with Crippen LogP contribution in [-0.2, 0) is 25.8 Å². The fourth-order valence-corrected chi connectivity index (χ4v) is 6.89. The molecule has 0 aliphatic heterocycles. The summed E-state index contributed by atoms with van der Waals surface area (Å²) >= 11 is 13.2. The van der Waals surface area contributed by atoms with E-state index in [2.05, 4.69) is 0 Å². The number of benzene rings is 2. The molecule has 0 aliphatic rings. The zero-order valence-electron chi connectivity index (χ0n) is 19.1. The zero-order chi connectivity index (χ0) is 26.2. The Morgan fingerprint density at radius 2 is 1.78 bits per heavy atom. The van der Waals surface area contributed by atoms with Crippen molar-refractivity contribution in [1.82, 2.24) is 4.57 Å². The summed E-state index contributed by atoms with van der Waals surface area (Å²) in [7, 11) is -2.55. The van der Waals surface area contributed by atoms with E-state index in [0.717, 1.165) is 16.9 Å². The third-order valence-corrected chi connectivity index (χ3v) is 9.25. The second kappa shape index (κ2) is 10.2. The summed E-state index contributed by atoms with van der Waals surface area (Å²) in [6, 6.07) is 12.6. The van der Waals surface area contributed by atoms with Gasteiger partial charge in [-0.05, 0) is 42.8 Å². The highest BCUT2D eigenvalue weighted by Gasteiger charge is 2.22. The van der Waals surface area contributed by atoms with Crippen molar-refractivity contribution in [2.45, 2.75) is 17.6 Å². The van der Waals surface area contributed by atoms with Crippen molar-refractivity contribution in [2.24, 2.45) is 0 Å². The molecule has 2 aromatic heterocycles. The molecule has 0 aliphatic carbocycles. The van der Waals surface area contributed by atoms with E-state index in [4.69, 9.17) is 27.9 Å². The Morgan fingerprint density at radius 1 is 1.03 bits per heavy atom. The van der Waals surface area contributed by atoms with Gasteiger partial charge in [0, 0.05) is 23.4 Å². The van der Waals surface area contributed by atoms with Gasteiger partial charge in [0.25, 0.3) is 5.56 Å². The number of halogens is 2. The Balaban J connectivity index is 1.66. The average molecular weight is 564 g/mol. The second-order valence-corrected chi connectivity index (χ2v) is 12.4. The summed E-state index contributed by atoms with van der Waals surface area (Å²) in [5.74, 6) is -1.80. The van der Waals surface area contributed by atoms with Crippen molar-refractivity contribution in [3.8, 4) is 5.69 Å². The van der Waals surface area contributed by atoms with E-state index in [1.54, 1.807) is 30.3 Å². The lowest BCUT2D eigenvalue weighted by Gasteiger charge is -2.14. The van der Waals surface area contributed by atoms with Crippen LogP contribution in [0.15, 0.2) is 63.7 Å². The Morgan fingerprint density at radius 3 is 2.42 bits per heavy atom. The summed E-state index contributed by atoms with van der Waals surface area (Å²) < 4.78 is 31.4. The van der Waals surface area contributed by atoms with Gasteiger partial charge in [-0.25, -0.2) is 13.2 Å². The first-order valence-electron chi connectivity index (χ1n) is 10.5. The van der Waals surface area contributed by atoms with Gasteiger partial charge < -0.3 is 4.74 Å². The van der Waals surface area contributed by atoms with Crippen molar-refractivity contribution >= 4 is 66.9 Å². The Bertz CT molecular complexity index is 1690. The van der Waals surface area contributed by atoms with E-state index in [1.165, 1.54) is 36.1 Å². The second-order valence-electron chi connectivity index (χ2n) is 8.08. The minimum Gasteiger partial charge on any atom is -0.465 e. The number of esters is 1. The van der Waals surface area contributed by atoms with Gasteiger partial charge in [0.05, 0.1) is 27.7 Å². The van der Waals surface area contributed by atoms with Crippen LogP contribution >= 0.6 is 34.5 Å². The zero-order valence-corrected chi connectivity index (χ0v) is 22.2. The number of ether oxygens (including phenoxy) is 1. The van der Waals surface area contributed by atoms with Gasteiger partial charge in [0.15, 0.2) is 15.6 Å². The Hall–Kier alpha value is -2.98. The minimum absolute atomic E-state index is 0.0292. The van der Waals surface area contributed by atoms with Crippen LogP contribution in [-0.4, -0.2) is 37.6 Å². The van der Waals surface area contributed by atoms with E-state index in [-0.39, 0.29) is 26.8 Å². The van der Waals surface area contributed by atoms with Gasteiger partial charge in [0.2, 0.25) is 0 Å². The monoisotopic (exact) mass is 563 g/mol. The summed E-state index contributed by atoms with van der Waals surface area (Å²) in [6.07, 6.45) is 1.21. The van der Waals surface area contributed by atoms with Crippen molar-refractivity contribution in [2.75, 3.05) is 12.9 Å². The summed E-state index contributed by atoms with van der Waals surface area (Å²) in [4.78, 5) is 38.2. The van der Waals surface area contributed by atoms with Crippen molar-refractivity contribution in [1.29, 1.82) is 0 Å². The normalized spacial score (nSPS) is 11.6.